The fourth-order valence-corrected chi connectivity index (χ4v) is 2.09. The quantitative estimate of drug-likeness (QED) is 0.892. The van der Waals surface area contributed by atoms with Gasteiger partial charge in [0.2, 0.25) is 0 Å². The van der Waals surface area contributed by atoms with Crippen molar-refractivity contribution < 1.29 is 19.1 Å². The van der Waals surface area contributed by atoms with Gasteiger partial charge in [0, 0.05) is 5.56 Å². The SMILES string of the molecule is Cc1ccc(C(=O)NC(CC(=O)O)c2ccccc2)cc1F. The zero-order chi connectivity index (χ0) is 16.1. The number of hydrogen-bond donors (Lipinski definition) is 2. The minimum atomic E-state index is -1.02. The molecule has 0 aromatic heterocycles. The second kappa shape index (κ2) is 6.85. The van der Waals surface area contributed by atoms with Crippen LogP contribution in [0.4, 0.5) is 4.39 Å². The van der Waals surface area contributed by atoms with Crippen LogP contribution in [-0.4, -0.2) is 17.0 Å². The van der Waals surface area contributed by atoms with Gasteiger partial charge in [0.1, 0.15) is 5.82 Å². The van der Waals surface area contributed by atoms with Gasteiger partial charge in [-0.05, 0) is 30.2 Å². The number of rotatable bonds is 5. The van der Waals surface area contributed by atoms with Gasteiger partial charge in [0.05, 0.1) is 12.5 Å². The van der Waals surface area contributed by atoms with Gasteiger partial charge in [-0.1, -0.05) is 36.4 Å². The number of hydrogen-bond acceptors (Lipinski definition) is 2. The van der Waals surface area contributed by atoms with E-state index in [2.05, 4.69) is 5.32 Å². The van der Waals surface area contributed by atoms with Crippen LogP contribution in [0.5, 0.6) is 0 Å². The molecule has 1 atom stereocenters. The summed E-state index contributed by atoms with van der Waals surface area (Å²) in [6.45, 7) is 1.61. The molecule has 0 aliphatic carbocycles. The number of benzene rings is 2. The lowest BCUT2D eigenvalue weighted by Crippen LogP contribution is -2.30. The van der Waals surface area contributed by atoms with Crippen molar-refractivity contribution in [1.82, 2.24) is 5.32 Å². The second-order valence-electron chi connectivity index (χ2n) is 5.00. The summed E-state index contributed by atoms with van der Waals surface area (Å²) in [6, 6.07) is 12.3. The molecule has 2 aromatic rings. The molecule has 2 rings (SSSR count). The highest BCUT2D eigenvalue weighted by Gasteiger charge is 2.19. The van der Waals surface area contributed by atoms with Crippen molar-refractivity contribution in [2.45, 2.75) is 19.4 Å². The molecule has 1 amide bonds. The van der Waals surface area contributed by atoms with Crippen molar-refractivity contribution in [3.05, 3.63) is 71.0 Å². The number of amides is 1. The third-order valence-corrected chi connectivity index (χ3v) is 3.32. The zero-order valence-electron chi connectivity index (χ0n) is 12.0. The van der Waals surface area contributed by atoms with E-state index in [-0.39, 0.29) is 12.0 Å². The summed E-state index contributed by atoms with van der Waals surface area (Å²) in [7, 11) is 0. The van der Waals surface area contributed by atoms with Crippen molar-refractivity contribution in [3.8, 4) is 0 Å². The standard InChI is InChI=1S/C17H16FNO3/c1-11-7-8-13(9-14(11)18)17(22)19-15(10-16(20)21)12-5-3-2-4-6-12/h2-9,15H,10H2,1H3,(H,19,22)(H,20,21). The van der Waals surface area contributed by atoms with E-state index in [1.165, 1.54) is 12.1 Å². The van der Waals surface area contributed by atoms with Crippen LogP contribution >= 0.6 is 0 Å². The number of carbonyl (C=O) groups excluding carboxylic acids is 1. The summed E-state index contributed by atoms with van der Waals surface area (Å²) < 4.78 is 13.5. The van der Waals surface area contributed by atoms with E-state index in [0.717, 1.165) is 6.07 Å². The Kier molecular flexibility index (Phi) is 4.88. The largest absolute Gasteiger partial charge is 0.481 e. The van der Waals surface area contributed by atoms with Crippen molar-refractivity contribution in [2.75, 3.05) is 0 Å². The normalized spacial score (nSPS) is 11.7. The van der Waals surface area contributed by atoms with Gasteiger partial charge in [0.25, 0.3) is 5.91 Å². The smallest absolute Gasteiger partial charge is 0.305 e. The summed E-state index contributed by atoms with van der Waals surface area (Å²) in [5, 5.41) is 11.6. The molecule has 0 heterocycles. The Bertz CT molecular complexity index is 686. The molecule has 0 radical (unpaired) electrons. The Morgan fingerprint density at radius 2 is 1.86 bits per heavy atom. The predicted molar refractivity (Wildman–Crippen MR) is 80.0 cm³/mol. The first-order valence-corrected chi connectivity index (χ1v) is 6.81. The molecule has 0 bridgehead atoms. The van der Waals surface area contributed by atoms with Crippen LogP contribution in [0.15, 0.2) is 48.5 Å². The van der Waals surface area contributed by atoms with E-state index < -0.39 is 23.7 Å². The molecule has 1 unspecified atom stereocenters. The van der Waals surface area contributed by atoms with E-state index in [9.17, 15) is 14.0 Å². The monoisotopic (exact) mass is 301 g/mol. The minimum Gasteiger partial charge on any atom is -0.481 e. The lowest BCUT2D eigenvalue weighted by molar-refractivity contribution is -0.137. The number of carboxylic acid groups (broad SMARTS) is 1. The van der Waals surface area contributed by atoms with E-state index in [1.807, 2.05) is 0 Å². The van der Waals surface area contributed by atoms with Gasteiger partial charge in [-0.2, -0.15) is 0 Å². The van der Waals surface area contributed by atoms with Crippen LogP contribution in [0.1, 0.15) is 33.9 Å². The fourth-order valence-electron chi connectivity index (χ4n) is 2.09. The molecule has 0 saturated heterocycles. The molecular weight excluding hydrogens is 285 g/mol. The summed E-state index contributed by atoms with van der Waals surface area (Å²) in [5.41, 5.74) is 1.29. The van der Waals surface area contributed by atoms with Crippen molar-refractivity contribution in [3.63, 3.8) is 0 Å². The molecule has 5 heteroatoms. The molecule has 0 aliphatic heterocycles. The second-order valence-corrected chi connectivity index (χ2v) is 5.00. The first-order valence-electron chi connectivity index (χ1n) is 6.81. The molecule has 0 aliphatic rings. The number of nitrogens with one attached hydrogen (secondary N) is 1. The minimum absolute atomic E-state index is 0.161. The Balaban J connectivity index is 2.21. The molecule has 2 aromatic carbocycles. The van der Waals surface area contributed by atoms with Gasteiger partial charge < -0.3 is 10.4 Å². The topological polar surface area (TPSA) is 66.4 Å². The third-order valence-electron chi connectivity index (χ3n) is 3.32. The highest BCUT2D eigenvalue weighted by atomic mass is 19.1. The van der Waals surface area contributed by atoms with Crippen LogP contribution in [-0.2, 0) is 4.79 Å². The summed E-state index contributed by atoms with van der Waals surface area (Å²) in [6.07, 6.45) is -0.246. The molecule has 114 valence electrons. The van der Waals surface area contributed by atoms with E-state index in [1.54, 1.807) is 37.3 Å². The highest BCUT2D eigenvalue weighted by Crippen LogP contribution is 2.18. The Morgan fingerprint density at radius 3 is 2.45 bits per heavy atom. The molecule has 4 nitrogen and oxygen atoms in total. The van der Waals surface area contributed by atoms with Gasteiger partial charge in [-0.3, -0.25) is 9.59 Å². The maximum absolute atomic E-state index is 13.5. The maximum atomic E-state index is 13.5. The van der Waals surface area contributed by atoms with Crippen LogP contribution in [0.25, 0.3) is 0 Å². The van der Waals surface area contributed by atoms with Crippen molar-refractivity contribution in [1.29, 1.82) is 0 Å². The lowest BCUT2D eigenvalue weighted by Gasteiger charge is -2.17. The number of aliphatic carboxylic acids is 1. The van der Waals surface area contributed by atoms with Gasteiger partial charge >= 0.3 is 5.97 Å². The molecule has 22 heavy (non-hydrogen) atoms. The van der Waals surface area contributed by atoms with E-state index in [4.69, 9.17) is 5.11 Å². The Hall–Kier alpha value is -2.69. The van der Waals surface area contributed by atoms with Gasteiger partial charge in [-0.25, -0.2) is 4.39 Å². The zero-order valence-corrected chi connectivity index (χ0v) is 12.0. The van der Waals surface area contributed by atoms with Crippen LogP contribution in [0.2, 0.25) is 0 Å². The van der Waals surface area contributed by atoms with Crippen LogP contribution in [0, 0.1) is 12.7 Å². The Labute approximate surface area is 127 Å². The molecule has 2 N–H and O–H groups in total. The number of carboxylic acids is 1. The van der Waals surface area contributed by atoms with Crippen LogP contribution in [0.3, 0.4) is 0 Å². The van der Waals surface area contributed by atoms with E-state index >= 15 is 0 Å². The summed E-state index contributed by atoms with van der Waals surface area (Å²) in [5.74, 6) is -2.00. The maximum Gasteiger partial charge on any atom is 0.305 e. The average molecular weight is 301 g/mol. The molecule has 0 saturated carbocycles. The average Bonchev–Trinajstić information content (AvgIpc) is 2.49. The van der Waals surface area contributed by atoms with E-state index in [0.29, 0.717) is 11.1 Å². The van der Waals surface area contributed by atoms with Crippen LogP contribution < -0.4 is 5.32 Å². The van der Waals surface area contributed by atoms with Gasteiger partial charge in [0.15, 0.2) is 0 Å². The molecule has 0 fully saturated rings. The Morgan fingerprint density at radius 1 is 1.18 bits per heavy atom. The number of carbonyl (C=O) groups is 2. The molecule has 0 spiro atoms. The first-order chi connectivity index (χ1) is 10.5. The third kappa shape index (κ3) is 3.91. The lowest BCUT2D eigenvalue weighted by atomic mass is 10.0. The van der Waals surface area contributed by atoms with Gasteiger partial charge in [-0.15, -0.1) is 0 Å². The highest BCUT2D eigenvalue weighted by molar-refractivity contribution is 5.94. The number of halogens is 1. The summed E-state index contributed by atoms with van der Waals surface area (Å²) in [4.78, 5) is 23.2. The van der Waals surface area contributed by atoms with Crippen molar-refractivity contribution >= 4 is 11.9 Å². The number of aryl methyl sites for hydroxylation is 1. The fraction of sp³-hybridized carbons (Fsp3) is 0.176. The first kappa shape index (κ1) is 15.7. The van der Waals surface area contributed by atoms with Crippen molar-refractivity contribution in [2.24, 2.45) is 0 Å². The summed E-state index contributed by atoms with van der Waals surface area (Å²) >= 11 is 0. The molecular formula is C17H16FNO3. The predicted octanol–water partition coefficient (Wildman–Crippen LogP) is 3.08.